The first kappa shape index (κ1) is 17.8. The maximum atomic E-state index is 9.39. The summed E-state index contributed by atoms with van der Waals surface area (Å²) in [6, 6.07) is 0. The van der Waals surface area contributed by atoms with Crippen LogP contribution in [0.15, 0.2) is 0 Å². The molecule has 0 aromatic heterocycles. The summed E-state index contributed by atoms with van der Waals surface area (Å²) in [5.74, 6) is 0. The van der Waals surface area contributed by atoms with Gasteiger partial charge in [-0.25, -0.2) is 0 Å². The van der Waals surface area contributed by atoms with Crippen LogP contribution in [0.25, 0.3) is 0 Å². The van der Waals surface area contributed by atoms with E-state index in [9.17, 15) is 5.11 Å². The summed E-state index contributed by atoms with van der Waals surface area (Å²) in [4.78, 5) is 4.28. The number of rotatable bonds is 10. The number of likely N-dealkylation sites (N-methyl/N-ethyl adjacent to an activating group) is 2. The number of aliphatic hydroxyl groups excluding tert-OH is 2. The second-order valence-electron chi connectivity index (χ2n) is 5.94. The number of aliphatic hydroxyl groups is 2. The van der Waals surface area contributed by atoms with E-state index < -0.39 is 6.10 Å². The Morgan fingerprint density at radius 2 is 1.83 bits per heavy atom. The molecule has 0 aliphatic rings. The Balaban J connectivity index is 4.09. The van der Waals surface area contributed by atoms with Crippen molar-refractivity contribution < 1.29 is 14.7 Å². The van der Waals surface area contributed by atoms with Gasteiger partial charge in [0.1, 0.15) is 0 Å². The van der Waals surface area contributed by atoms with Crippen molar-refractivity contribution in [1.82, 2.24) is 9.80 Å². The van der Waals surface area contributed by atoms with Gasteiger partial charge in [0, 0.05) is 26.2 Å². The molecule has 0 rings (SSSR count). The highest BCUT2D eigenvalue weighted by molar-refractivity contribution is 4.62. The molecule has 6 nitrogen and oxygen atoms in total. The molecule has 110 valence electrons. The highest BCUT2D eigenvalue weighted by atomic mass is 16.3. The molecule has 18 heavy (non-hydrogen) atoms. The van der Waals surface area contributed by atoms with Gasteiger partial charge in [-0.05, 0) is 7.05 Å². The molecule has 1 unspecified atom stereocenters. The monoisotopic (exact) mass is 263 g/mol. The van der Waals surface area contributed by atoms with E-state index in [0.717, 1.165) is 30.8 Å². The van der Waals surface area contributed by atoms with Gasteiger partial charge < -0.3 is 20.4 Å². The van der Waals surface area contributed by atoms with Crippen LogP contribution in [0.1, 0.15) is 0 Å². The van der Waals surface area contributed by atoms with Gasteiger partial charge in [0.2, 0.25) is 0 Å². The average molecular weight is 263 g/mol. The quantitative estimate of drug-likeness (QED) is 0.320. The molecule has 0 aliphatic carbocycles. The van der Waals surface area contributed by atoms with Crippen molar-refractivity contribution in [3.05, 3.63) is 0 Å². The van der Waals surface area contributed by atoms with Crippen LogP contribution in [-0.2, 0) is 0 Å². The number of nitrogens with two attached hydrogens (primary N) is 1. The summed E-state index contributed by atoms with van der Waals surface area (Å²) in [7, 11) is 8.44. The van der Waals surface area contributed by atoms with Crippen LogP contribution >= 0.6 is 0 Å². The Morgan fingerprint density at radius 1 is 1.22 bits per heavy atom. The molecule has 0 aromatic carbocycles. The van der Waals surface area contributed by atoms with Crippen LogP contribution in [0.5, 0.6) is 0 Å². The van der Waals surface area contributed by atoms with E-state index in [1.165, 1.54) is 0 Å². The first-order chi connectivity index (χ1) is 8.28. The zero-order valence-electron chi connectivity index (χ0n) is 12.3. The van der Waals surface area contributed by atoms with Crippen molar-refractivity contribution in [2.24, 2.45) is 5.73 Å². The molecular formula is C12H31N4O2+. The Morgan fingerprint density at radius 3 is 2.28 bits per heavy atom. The van der Waals surface area contributed by atoms with Gasteiger partial charge in [0.25, 0.3) is 0 Å². The largest absolute Gasteiger partial charge is 0.394 e. The van der Waals surface area contributed by atoms with Crippen molar-refractivity contribution in [3.8, 4) is 0 Å². The standard InChI is InChI=1S/C12H31N4O2/c1-14(9-12(18)10-17)11-15(6-5-13)7-8-16(2,3)4/h12,17-18H,5-11,13H2,1-4H3/q+1. The number of quaternary nitrogens is 1. The predicted octanol–water partition coefficient (Wildman–Crippen LogP) is -1.80. The lowest BCUT2D eigenvalue weighted by Crippen LogP contribution is -2.47. The zero-order chi connectivity index (χ0) is 14.2. The van der Waals surface area contributed by atoms with Crippen LogP contribution < -0.4 is 5.73 Å². The number of nitrogens with zero attached hydrogens (tertiary/aromatic N) is 3. The van der Waals surface area contributed by atoms with E-state index in [4.69, 9.17) is 10.8 Å². The lowest BCUT2D eigenvalue weighted by Gasteiger charge is -2.31. The fourth-order valence-electron chi connectivity index (χ4n) is 1.69. The topological polar surface area (TPSA) is 73.0 Å². The molecule has 0 heterocycles. The molecule has 6 heteroatoms. The predicted molar refractivity (Wildman–Crippen MR) is 74.1 cm³/mol. The normalized spacial score (nSPS) is 14.5. The van der Waals surface area contributed by atoms with Gasteiger partial charge in [-0.3, -0.25) is 9.80 Å². The molecule has 0 saturated heterocycles. The Bertz CT molecular complexity index is 209. The maximum Gasteiger partial charge on any atom is 0.0910 e. The van der Waals surface area contributed by atoms with E-state index >= 15 is 0 Å². The summed E-state index contributed by atoms with van der Waals surface area (Å²) in [5, 5.41) is 18.2. The first-order valence-electron chi connectivity index (χ1n) is 6.49. The second-order valence-corrected chi connectivity index (χ2v) is 5.94. The number of hydrogen-bond donors (Lipinski definition) is 3. The van der Waals surface area contributed by atoms with Crippen molar-refractivity contribution in [1.29, 1.82) is 0 Å². The molecule has 0 bridgehead atoms. The molecule has 0 aliphatic heterocycles. The fraction of sp³-hybridized carbons (Fsp3) is 1.00. The minimum Gasteiger partial charge on any atom is -0.394 e. The first-order valence-corrected chi connectivity index (χ1v) is 6.49. The Hall–Kier alpha value is -0.240. The van der Waals surface area contributed by atoms with Crippen LogP contribution in [-0.4, -0.2) is 105 Å². The molecular weight excluding hydrogens is 232 g/mol. The summed E-state index contributed by atoms with van der Waals surface area (Å²) >= 11 is 0. The molecule has 0 spiro atoms. The van der Waals surface area contributed by atoms with E-state index in [0.29, 0.717) is 13.1 Å². The van der Waals surface area contributed by atoms with E-state index in [1.54, 1.807) is 0 Å². The summed E-state index contributed by atoms with van der Waals surface area (Å²) in [6.07, 6.45) is -0.673. The molecule has 0 saturated carbocycles. The SMILES string of the molecule is CN(CC(O)CO)CN(CCN)CC[N+](C)(C)C. The summed E-state index contributed by atoms with van der Waals surface area (Å²) in [6.45, 7) is 4.54. The third-order valence-corrected chi connectivity index (χ3v) is 2.71. The van der Waals surface area contributed by atoms with Crippen LogP contribution in [0.4, 0.5) is 0 Å². The van der Waals surface area contributed by atoms with Crippen molar-refractivity contribution in [2.75, 3.05) is 74.2 Å². The van der Waals surface area contributed by atoms with Crippen molar-refractivity contribution in [3.63, 3.8) is 0 Å². The van der Waals surface area contributed by atoms with Crippen LogP contribution in [0.2, 0.25) is 0 Å². The van der Waals surface area contributed by atoms with E-state index in [2.05, 4.69) is 26.0 Å². The average Bonchev–Trinajstić information content (AvgIpc) is 2.25. The van der Waals surface area contributed by atoms with Gasteiger partial charge in [0.05, 0.1) is 47.1 Å². The third-order valence-electron chi connectivity index (χ3n) is 2.71. The van der Waals surface area contributed by atoms with Crippen LogP contribution in [0, 0.1) is 0 Å². The number of hydrogen-bond acceptors (Lipinski definition) is 5. The van der Waals surface area contributed by atoms with Crippen LogP contribution in [0.3, 0.4) is 0 Å². The van der Waals surface area contributed by atoms with Gasteiger partial charge in [-0.2, -0.15) is 0 Å². The Labute approximate surface area is 111 Å². The molecule has 1 atom stereocenters. The minimum absolute atomic E-state index is 0.194. The zero-order valence-corrected chi connectivity index (χ0v) is 12.3. The molecule has 0 radical (unpaired) electrons. The second kappa shape index (κ2) is 8.79. The minimum atomic E-state index is -0.673. The van der Waals surface area contributed by atoms with Gasteiger partial charge in [-0.15, -0.1) is 0 Å². The maximum absolute atomic E-state index is 9.39. The smallest absolute Gasteiger partial charge is 0.0910 e. The van der Waals surface area contributed by atoms with E-state index in [1.807, 2.05) is 11.9 Å². The fourth-order valence-corrected chi connectivity index (χ4v) is 1.69. The van der Waals surface area contributed by atoms with E-state index in [-0.39, 0.29) is 6.61 Å². The molecule has 0 amide bonds. The van der Waals surface area contributed by atoms with Crippen molar-refractivity contribution >= 4 is 0 Å². The van der Waals surface area contributed by atoms with Gasteiger partial charge in [-0.1, -0.05) is 0 Å². The third kappa shape index (κ3) is 9.76. The summed E-state index contributed by atoms with van der Waals surface area (Å²) < 4.78 is 0.921. The Kier molecular flexibility index (Phi) is 8.67. The van der Waals surface area contributed by atoms with Gasteiger partial charge >= 0.3 is 0 Å². The summed E-state index contributed by atoms with van der Waals surface area (Å²) in [5.41, 5.74) is 5.62. The molecule has 0 fully saturated rings. The highest BCUT2D eigenvalue weighted by Gasteiger charge is 2.14. The lowest BCUT2D eigenvalue weighted by molar-refractivity contribution is -0.869. The highest BCUT2D eigenvalue weighted by Crippen LogP contribution is 1.97. The molecule has 0 aromatic rings. The van der Waals surface area contributed by atoms with Crippen molar-refractivity contribution in [2.45, 2.75) is 6.10 Å². The lowest BCUT2D eigenvalue weighted by atomic mass is 10.3. The molecule has 4 N–H and O–H groups in total. The van der Waals surface area contributed by atoms with Gasteiger partial charge in [0.15, 0.2) is 0 Å².